The first-order valence-corrected chi connectivity index (χ1v) is 3.30. The number of hydrogen-bond acceptors (Lipinski definition) is 3. The number of halogens is 1. The van der Waals surface area contributed by atoms with Crippen molar-refractivity contribution in [2.24, 2.45) is 0 Å². The highest BCUT2D eigenvalue weighted by atomic mass is 35.5. The van der Waals surface area contributed by atoms with E-state index in [1.165, 1.54) is 0 Å². The van der Waals surface area contributed by atoms with Crippen molar-refractivity contribution in [3.63, 3.8) is 0 Å². The van der Waals surface area contributed by atoms with Gasteiger partial charge < -0.3 is 5.21 Å². The molecule has 0 N–H and O–H groups in total. The molecular weight excluding hydrogens is 168 g/mol. The summed E-state index contributed by atoms with van der Waals surface area (Å²) < 4.78 is 4.32. The van der Waals surface area contributed by atoms with E-state index in [0.717, 1.165) is 0 Å². The van der Waals surface area contributed by atoms with Gasteiger partial charge in [0.25, 0.3) is 0 Å². The summed E-state index contributed by atoms with van der Waals surface area (Å²) in [5.41, 5.74) is 0.849. The molecule has 4 nitrogen and oxygen atoms in total. The zero-order valence-electron chi connectivity index (χ0n) is 5.32. The van der Waals surface area contributed by atoms with E-state index in [1.54, 1.807) is 18.2 Å². The lowest BCUT2D eigenvalue weighted by molar-refractivity contribution is -0.782. The molecule has 0 aliphatic carbocycles. The molecule has 2 aromatic rings. The van der Waals surface area contributed by atoms with Gasteiger partial charge in [-0.2, -0.15) is 0 Å². The molecular formula is C6H3ClN2O2. The summed E-state index contributed by atoms with van der Waals surface area (Å²) in [4.78, 5) is 0.339. The number of nitrogens with zero attached hydrogens (tertiary/aromatic N) is 2. The van der Waals surface area contributed by atoms with Gasteiger partial charge in [-0.1, -0.05) is 11.6 Å². The minimum atomic E-state index is 0.339. The summed E-state index contributed by atoms with van der Waals surface area (Å²) in [5, 5.41) is 14.7. The first kappa shape index (κ1) is 6.42. The lowest BCUT2D eigenvalue weighted by Gasteiger charge is -1.85. The summed E-state index contributed by atoms with van der Waals surface area (Å²) >= 11 is 5.63. The quantitative estimate of drug-likeness (QED) is 0.557. The third kappa shape index (κ3) is 0.914. The minimum Gasteiger partial charge on any atom is -0.359 e. The van der Waals surface area contributed by atoms with Gasteiger partial charge in [-0.25, -0.2) is 0 Å². The Labute approximate surface area is 66.5 Å². The highest BCUT2D eigenvalue weighted by molar-refractivity contribution is 6.31. The summed E-state index contributed by atoms with van der Waals surface area (Å²) in [6.45, 7) is 0. The van der Waals surface area contributed by atoms with Crippen molar-refractivity contribution in [3.05, 3.63) is 28.4 Å². The Morgan fingerprint density at radius 1 is 1.55 bits per heavy atom. The summed E-state index contributed by atoms with van der Waals surface area (Å²) in [6, 6.07) is 4.73. The smallest absolute Gasteiger partial charge is 0.250 e. The fourth-order valence-corrected chi connectivity index (χ4v) is 1.02. The maximum atomic E-state index is 10.7. The van der Waals surface area contributed by atoms with E-state index in [9.17, 15) is 5.21 Å². The molecule has 0 amide bonds. The first-order chi connectivity index (χ1) is 5.27. The third-order valence-corrected chi connectivity index (χ3v) is 1.58. The van der Waals surface area contributed by atoms with Crippen LogP contribution >= 0.6 is 11.6 Å². The summed E-state index contributed by atoms with van der Waals surface area (Å²) in [5.74, 6) is 0. The number of benzene rings is 1. The number of hydrogen-bond donors (Lipinski definition) is 0. The largest absolute Gasteiger partial charge is 0.359 e. The second-order valence-corrected chi connectivity index (χ2v) is 2.50. The van der Waals surface area contributed by atoms with Crippen LogP contribution in [0.5, 0.6) is 0 Å². The zero-order valence-corrected chi connectivity index (χ0v) is 6.08. The van der Waals surface area contributed by atoms with E-state index >= 15 is 0 Å². The van der Waals surface area contributed by atoms with Crippen molar-refractivity contribution in [1.82, 2.24) is 5.16 Å². The summed E-state index contributed by atoms with van der Waals surface area (Å²) in [6.07, 6.45) is 0. The molecule has 2 rings (SSSR count). The predicted molar refractivity (Wildman–Crippen MR) is 38.0 cm³/mol. The number of fused-ring (bicyclic) bond motifs is 1. The second-order valence-electron chi connectivity index (χ2n) is 2.06. The van der Waals surface area contributed by atoms with Crippen molar-refractivity contribution < 1.29 is 9.53 Å². The van der Waals surface area contributed by atoms with E-state index < -0.39 is 0 Å². The molecule has 56 valence electrons. The van der Waals surface area contributed by atoms with Gasteiger partial charge in [0.1, 0.15) is 0 Å². The number of aromatic nitrogens is 2. The normalized spacial score (nSPS) is 10.6. The van der Waals surface area contributed by atoms with E-state index in [4.69, 9.17) is 11.6 Å². The Morgan fingerprint density at radius 2 is 2.36 bits per heavy atom. The highest BCUT2D eigenvalue weighted by Gasteiger charge is 2.07. The molecule has 0 unspecified atom stereocenters. The lowest BCUT2D eigenvalue weighted by Crippen LogP contribution is -2.22. The maximum absolute atomic E-state index is 10.7. The van der Waals surface area contributed by atoms with Gasteiger partial charge in [-0.3, -0.25) is 4.63 Å². The third-order valence-electron chi connectivity index (χ3n) is 1.35. The Kier molecular flexibility index (Phi) is 1.22. The molecule has 0 aliphatic rings. The van der Waals surface area contributed by atoms with Crippen molar-refractivity contribution >= 4 is 22.6 Å². The first-order valence-electron chi connectivity index (χ1n) is 2.92. The molecule has 0 radical (unpaired) electrons. The number of rotatable bonds is 0. The van der Waals surface area contributed by atoms with Crippen molar-refractivity contribution in [2.75, 3.05) is 0 Å². The fraction of sp³-hybridized carbons (Fsp3) is 0. The molecule has 0 atom stereocenters. The van der Waals surface area contributed by atoms with E-state index in [-0.39, 0.29) is 0 Å². The van der Waals surface area contributed by atoms with E-state index in [0.29, 0.717) is 21.0 Å². The van der Waals surface area contributed by atoms with E-state index in [1.807, 2.05) is 0 Å². The molecule has 5 heteroatoms. The Morgan fingerprint density at radius 3 is 3.18 bits per heavy atom. The molecule has 0 aliphatic heterocycles. The Balaban J connectivity index is 2.86. The molecule has 0 bridgehead atoms. The van der Waals surface area contributed by atoms with Crippen LogP contribution in [0.1, 0.15) is 0 Å². The molecule has 1 heterocycles. The molecule has 11 heavy (non-hydrogen) atoms. The molecule has 0 saturated heterocycles. The monoisotopic (exact) mass is 170 g/mol. The van der Waals surface area contributed by atoms with Gasteiger partial charge in [0.05, 0.1) is 0 Å². The van der Waals surface area contributed by atoms with Crippen molar-refractivity contribution in [2.45, 2.75) is 0 Å². The van der Waals surface area contributed by atoms with Crippen LogP contribution in [-0.2, 0) is 0 Å². The van der Waals surface area contributed by atoms with Crippen LogP contribution in [0.2, 0.25) is 5.02 Å². The molecule has 0 fully saturated rings. The fourth-order valence-electron chi connectivity index (χ4n) is 0.849. The lowest BCUT2D eigenvalue weighted by atomic mass is 10.3. The van der Waals surface area contributed by atoms with Crippen LogP contribution in [-0.4, -0.2) is 5.16 Å². The zero-order chi connectivity index (χ0) is 7.84. The highest BCUT2D eigenvalue weighted by Crippen LogP contribution is 2.13. The van der Waals surface area contributed by atoms with Crippen LogP contribution in [0.3, 0.4) is 0 Å². The van der Waals surface area contributed by atoms with Crippen LogP contribution in [0.15, 0.2) is 22.8 Å². The van der Waals surface area contributed by atoms with Crippen LogP contribution in [0, 0.1) is 5.21 Å². The van der Waals surface area contributed by atoms with Gasteiger partial charge in [0.15, 0.2) is 0 Å². The maximum Gasteiger partial charge on any atom is 0.250 e. The van der Waals surface area contributed by atoms with E-state index in [2.05, 4.69) is 9.79 Å². The average molecular weight is 171 g/mol. The molecule has 1 aromatic carbocycles. The van der Waals surface area contributed by atoms with Crippen LogP contribution in [0.25, 0.3) is 11.0 Å². The SMILES string of the molecule is [O-][n+]1onc2cc(Cl)ccc21. The van der Waals surface area contributed by atoms with Gasteiger partial charge in [-0.05, 0) is 17.0 Å². The molecule has 0 saturated carbocycles. The summed E-state index contributed by atoms with van der Waals surface area (Å²) in [7, 11) is 0. The predicted octanol–water partition coefficient (Wildman–Crippen LogP) is 1.11. The van der Waals surface area contributed by atoms with Crippen molar-refractivity contribution in [3.8, 4) is 0 Å². The molecule has 1 aromatic heterocycles. The average Bonchev–Trinajstić information content (AvgIpc) is 2.32. The van der Waals surface area contributed by atoms with Crippen LogP contribution < -0.4 is 4.90 Å². The second kappa shape index (κ2) is 2.10. The van der Waals surface area contributed by atoms with Gasteiger partial charge >= 0.3 is 0 Å². The van der Waals surface area contributed by atoms with Gasteiger partial charge in [0.2, 0.25) is 11.0 Å². The standard InChI is InChI=1S/C6H3ClN2O2/c7-4-1-2-6-5(3-4)8-11-9(6)10/h1-3H. The van der Waals surface area contributed by atoms with Gasteiger partial charge in [-0.15, -0.1) is 0 Å². The molecule has 0 spiro atoms. The Hall–Kier alpha value is -1.29. The Bertz CT molecular complexity index is 398. The van der Waals surface area contributed by atoms with Crippen LogP contribution in [0.4, 0.5) is 0 Å². The topological polar surface area (TPSA) is 53.0 Å². The van der Waals surface area contributed by atoms with Gasteiger partial charge in [0, 0.05) is 16.2 Å². The van der Waals surface area contributed by atoms with Crippen molar-refractivity contribution in [1.29, 1.82) is 0 Å². The minimum absolute atomic E-state index is 0.339.